The predicted molar refractivity (Wildman–Crippen MR) is 90.7 cm³/mol. The second-order valence-corrected chi connectivity index (χ2v) is 6.31. The molecule has 2 amide bonds. The molecule has 7 nitrogen and oxygen atoms in total. The Bertz CT molecular complexity index is 607. The average Bonchev–Trinajstić information content (AvgIpc) is 2.93. The molecule has 0 atom stereocenters. The van der Waals surface area contributed by atoms with E-state index in [0.717, 1.165) is 24.5 Å². The number of carbonyl (C=O) groups is 1. The SMILES string of the molecule is O=C(NCc1ccc(N2CCCCCC2)nc1)Nc1nncs1. The quantitative estimate of drug-likeness (QED) is 0.899. The van der Waals surface area contributed by atoms with Crippen LogP contribution in [0.4, 0.5) is 15.7 Å². The third-order valence-electron chi connectivity index (χ3n) is 3.77. The smallest absolute Gasteiger partial charge is 0.321 e. The molecule has 1 saturated heterocycles. The van der Waals surface area contributed by atoms with Crippen molar-refractivity contribution in [1.29, 1.82) is 0 Å². The third kappa shape index (κ3) is 4.62. The number of anilines is 2. The molecular weight excluding hydrogens is 312 g/mol. The van der Waals surface area contributed by atoms with Crippen molar-refractivity contribution in [2.75, 3.05) is 23.3 Å². The van der Waals surface area contributed by atoms with E-state index < -0.39 is 0 Å². The molecule has 2 aromatic heterocycles. The first-order valence-corrected chi connectivity index (χ1v) is 8.70. The van der Waals surface area contributed by atoms with Crippen molar-refractivity contribution >= 4 is 28.3 Å². The maximum absolute atomic E-state index is 11.7. The molecule has 0 spiro atoms. The summed E-state index contributed by atoms with van der Waals surface area (Å²) in [6, 6.07) is 3.75. The number of nitrogens with one attached hydrogen (secondary N) is 2. The summed E-state index contributed by atoms with van der Waals surface area (Å²) in [5.74, 6) is 1.02. The second-order valence-electron chi connectivity index (χ2n) is 5.48. The molecule has 0 aliphatic carbocycles. The summed E-state index contributed by atoms with van der Waals surface area (Å²) in [5.41, 5.74) is 2.54. The van der Waals surface area contributed by atoms with Gasteiger partial charge in [-0.2, -0.15) is 0 Å². The predicted octanol–water partition coefficient (Wildman–Crippen LogP) is 2.64. The van der Waals surface area contributed by atoms with Crippen LogP contribution in [0.1, 0.15) is 31.2 Å². The molecular formula is C15H20N6OS. The van der Waals surface area contributed by atoms with Crippen molar-refractivity contribution in [2.45, 2.75) is 32.2 Å². The highest BCUT2D eigenvalue weighted by molar-refractivity contribution is 7.13. The van der Waals surface area contributed by atoms with Gasteiger partial charge in [-0.1, -0.05) is 30.2 Å². The molecule has 23 heavy (non-hydrogen) atoms. The number of amides is 2. The van der Waals surface area contributed by atoms with E-state index in [2.05, 4.69) is 30.7 Å². The molecule has 0 bridgehead atoms. The number of nitrogens with zero attached hydrogens (tertiary/aromatic N) is 4. The van der Waals surface area contributed by atoms with Gasteiger partial charge in [0.1, 0.15) is 11.3 Å². The Morgan fingerprint density at radius 1 is 1.22 bits per heavy atom. The van der Waals surface area contributed by atoms with Crippen LogP contribution < -0.4 is 15.5 Å². The van der Waals surface area contributed by atoms with Crippen LogP contribution in [0.3, 0.4) is 0 Å². The zero-order valence-corrected chi connectivity index (χ0v) is 13.7. The van der Waals surface area contributed by atoms with Crippen molar-refractivity contribution in [1.82, 2.24) is 20.5 Å². The molecule has 1 aliphatic heterocycles. The minimum Gasteiger partial charge on any atom is -0.357 e. The molecule has 0 saturated carbocycles. The first-order chi connectivity index (χ1) is 11.3. The van der Waals surface area contributed by atoms with E-state index >= 15 is 0 Å². The zero-order valence-electron chi connectivity index (χ0n) is 12.9. The molecule has 1 fully saturated rings. The van der Waals surface area contributed by atoms with Gasteiger partial charge in [0.25, 0.3) is 0 Å². The van der Waals surface area contributed by atoms with Gasteiger partial charge >= 0.3 is 6.03 Å². The molecule has 1 aliphatic rings. The lowest BCUT2D eigenvalue weighted by Crippen LogP contribution is -2.28. The fraction of sp³-hybridized carbons (Fsp3) is 0.467. The summed E-state index contributed by atoms with van der Waals surface area (Å²) < 4.78 is 0. The minimum atomic E-state index is -0.293. The number of hydrogen-bond donors (Lipinski definition) is 2. The Balaban J connectivity index is 1.50. The third-order valence-corrected chi connectivity index (χ3v) is 4.38. The number of hydrogen-bond acceptors (Lipinski definition) is 6. The number of urea groups is 1. The van der Waals surface area contributed by atoms with Gasteiger partial charge in [0.05, 0.1) is 0 Å². The van der Waals surface area contributed by atoms with Crippen LogP contribution in [0.2, 0.25) is 0 Å². The molecule has 0 unspecified atom stereocenters. The topological polar surface area (TPSA) is 83.0 Å². The fourth-order valence-electron chi connectivity index (χ4n) is 2.56. The van der Waals surface area contributed by atoms with Crippen molar-refractivity contribution in [2.24, 2.45) is 0 Å². The lowest BCUT2D eigenvalue weighted by molar-refractivity contribution is 0.251. The van der Waals surface area contributed by atoms with E-state index in [9.17, 15) is 4.79 Å². The van der Waals surface area contributed by atoms with Crippen LogP contribution in [0, 0.1) is 0 Å². The Labute approximate surface area is 139 Å². The Morgan fingerprint density at radius 3 is 2.70 bits per heavy atom. The fourth-order valence-corrected chi connectivity index (χ4v) is 3.00. The number of carbonyl (C=O) groups excluding carboxylic acids is 1. The maximum atomic E-state index is 11.7. The van der Waals surface area contributed by atoms with E-state index in [-0.39, 0.29) is 6.03 Å². The lowest BCUT2D eigenvalue weighted by Gasteiger charge is -2.21. The Morgan fingerprint density at radius 2 is 2.04 bits per heavy atom. The van der Waals surface area contributed by atoms with Gasteiger partial charge in [-0.05, 0) is 24.5 Å². The highest BCUT2D eigenvalue weighted by atomic mass is 32.1. The zero-order chi connectivity index (χ0) is 15.9. The van der Waals surface area contributed by atoms with Crippen LogP contribution in [0.5, 0.6) is 0 Å². The van der Waals surface area contributed by atoms with Crippen molar-refractivity contribution in [3.63, 3.8) is 0 Å². The molecule has 0 radical (unpaired) electrons. The summed E-state index contributed by atoms with van der Waals surface area (Å²) in [4.78, 5) is 18.6. The Hall–Kier alpha value is -2.22. The van der Waals surface area contributed by atoms with Crippen molar-refractivity contribution < 1.29 is 4.79 Å². The standard InChI is InChI=1S/C15H20N6OS/c22-14(19-15-20-18-11-23-15)17-10-12-5-6-13(16-9-12)21-7-3-1-2-4-8-21/h5-6,9,11H,1-4,7-8,10H2,(H2,17,19,20,22). The van der Waals surface area contributed by atoms with Gasteiger partial charge in [0, 0.05) is 25.8 Å². The van der Waals surface area contributed by atoms with Crippen LogP contribution in [-0.4, -0.2) is 34.3 Å². The summed E-state index contributed by atoms with van der Waals surface area (Å²) in [6.45, 7) is 2.58. The van der Waals surface area contributed by atoms with Gasteiger partial charge in [0.15, 0.2) is 0 Å². The van der Waals surface area contributed by atoms with Gasteiger partial charge < -0.3 is 10.2 Å². The van der Waals surface area contributed by atoms with Gasteiger partial charge in [-0.15, -0.1) is 10.2 Å². The van der Waals surface area contributed by atoms with E-state index in [0.29, 0.717) is 11.7 Å². The lowest BCUT2D eigenvalue weighted by atomic mass is 10.2. The van der Waals surface area contributed by atoms with E-state index in [1.165, 1.54) is 37.0 Å². The van der Waals surface area contributed by atoms with Crippen molar-refractivity contribution in [3.8, 4) is 0 Å². The van der Waals surface area contributed by atoms with Crippen LogP contribution in [0.15, 0.2) is 23.8 Å². The van der Waals surface area contributed by atoms with E-state index in [4.69, 9.17) is 0 Å². The Kier molecular flexibility index (Phi) is 5.36. The van der Waals surface area contributed by atoms with E-state index in [1.54, 1.807) is 5.51 Å². The number of aromatic nitrogens is 3. The molecule has 3 rings (SSSR count). The summed E-state index contributed by atoms with van der Waals surface area (Å²) in [6.07, 6.45) is 6.91. The molecule has 2 N–H and O–H groups in total. The van der Waals surface area contributed by atoms with Gasteiger partial charge in [-0.25, -0.2) is 9.78 Å². The van der Waals surface area contributed by atoms with Crippen LogP contribution >= 0.6 is 11.3 Å². The average molecular weight is 332 g/mol. The molecule has 0 aromatic carbocycles. The largest absolute Gasteiger partial charge is 0.357 e. The summed E-state index contributed by atoms with van der Waals surface area (Å²) in [7, 11) is 0. The van der Waals surface area contributed by atoms with Crippen LogP contribution in [-0.2, 0) is 6.54 Å². The second kappa shape index (κ2) is 7.87. The van der Waals surface area contributed by atoms with Gasteiger partial charge in [-0.3, -0.25) is 5.32 Å². The monoisotopic (exact) mass is 332 g/mol. The molecule has 122 valence electrons. The molecule has 2 aromatic rings. The number of rotatable bonds is 4. The van der Waals surface area contributed by atoms with Crippen molar-refractivity contribution in [3.05, 3.63) is 29.4 Å². The maximum Gasteiger partial charge on any atom is 0.321 e. The van der Waals surface area contributed by atoms with Crippen LogP contribution in [0.25, 0.3) is 0 Å². The highest BCUT2D eigenvalue weighted by Gasteiger charge is 2.11. The normalized spacial score (nSPS) is 15.0. The van der Waals surface area contributed by atoms with E-state index in [1.807, 2.05) is 18.3 Å². The minimum absolute atomic E-state index is 0.293. The first kappa shape index (κ1) is 15.7. The number of pyridine rings is 1. The summed E-state index contributed by atoms with van der Waals surface area (Å²) >= 11 is 1.28. The first-order valence-electron chi connectivity index (χ1n) is 7.82. The van der Waals surface area contributed by atoms with Gasteiger partial charge in [0.2, 0.25) is 5.13 Å². The summed E-state index contributed by atoms with van der Waals surface area (Å²) in [5, 5.41) is 13.3. The molecule has 3 heterocycles. The highest BCUT2D eigenvalue weighted by Crippen LogP contribution is 2.17. The molecule has 8 heteroatoms.